The Morgan fingerprint density at radius 3 is 2.72 bits per heavy atom. The highest BCUT2D eigenvalue weighted by molar-refractivity contribution is 7.92. The lowest BCUT2D eigenvalue weighted by atomic mass is 10.1. The van der Waals surface area contributed by atoms with Crippen LogP contribution in [0, 0.1) is 0 Å². The van der Waals surface area contributed by atoms with Crippen molar-refractivity contribution in [2.45, 2.75) is 30.9 Å². The number of amides is 1. The highest BCUT2D eigenvalue weighted by atomic mass is 32.2. The second-order valence-corrected chi connectivity index (χ2v) is 6.76. The summed E-state index contributed by atoms with van der Waals surface area (Å²) in [5.74, 6) is -0.307. The largest absolute Gasteiger partial charge is 0.409 e. The van der Waals surface area contributed by atoms with E-state index in [1.807, 2.05) is 0 Å². The zero-order chi connectivity index (χ0) is 13.8. The van der Waals surface area contributed by atoms with Crippen molar-refractivity contribution in [3.05, 3.63) is 0 Å². The molecule has 8 heteroatoms. The van der Waals surface area contributed by atoms with Gasteiger partial charge in [0.1, 0.15) is 11.1 Å². The summed E-state index contributed by atoms with van der Waals surface area (Å²) in [6, 6.07) is 0. The second-order valence-electron chi connectivity index (χ2n) is 4.45. The molecule has 0 aliphatic carbocycles. The van der Waals surface area contributed by atoms with Crippen molar-refractivity contribution in [3.8, 4) is 0 Å². The fourth-order valence-corrected chi connectivity index (χ4v) is 3.82. The molecule has 0 bridgehead atoms. The summed E-state index contributed by atoms with van der Waals surface area (Å²) in [5.41, 5.74) is 5.30. The lowest BCUT2D eigenvalue weighted by molar-refractivity contribution is -0.129. The first kappa shape index (κ1) is 14.7. The number of carbonyl (C=O) groups excluding carboxylic acids is 1. The smallest absolute Gasteiger partial charge is 0.240 e. The van der Waals surface area contributed by atoms with Gasteiger partial charge in [0.2, 0.25) is 5.91 Å². The molecular weight excluding hydrogens is 258 g/mol. The van der Waals surface area contributed by atoms with Crippen molar-refractivity contribution >= 4 is 21.6 Å². The summed E-state index contributed by atoms with van der Waals surface area (Å²) in [7, 11) is -1.79. The highest BCUT2D eigenvalue weighted by Crippen LogP contribution is 2.21. The van der Waals surface area contributed by atoms with Crippen molar-refractivity contribution < 1.29 is 18.4 Å². The van der Waals surface area contributed by atoms with Crippen LogP contribution in [0.25, 0.3) is 0 Å². The molecule has 0 aromatic heterocycles. The number of hydrogen-bond donors (Lipinski definition) is 2. The maximum absolute atomic E-state index is 12.0. The molecule has 0 saturated carbocycles. The molecule has 7 nitrogen and oxygen atoms in total. The summed E-state index contributed by atoms with van der Waals surface area (Å²) in [4.78, 5) is 13.3. The van der Waals surface area contributed by atoms with Crippen LogP contribution in [0.2, 0.25) is 0 Å². The van der Waals surface area contributed by atoms with Crippen LogP contribution in [0.1, 0.15) is 25.7 Å². The fraction of sp³-hybridized carbons (Fsp3) is 0.800. The minimum absolute atomic E-state index is 0.0150. The highest BCUT2D eigenvalue weighted by Gasteiger charge is 2.36. The first-order chi connectivity index (χ1) is 8.38. The molecule has 1 rings (SSSR count). The van der Waals surface area contributed by atoms with Gasteiger partial charge in [-0.25, -0.2) is 8.42 Å². The maximum Gasteiger partial charge on any atom is 0.240 e. The minimum atomic E-state index is -3.31. The number of rotatable bonds is 4. The van der Waals surface area contributed by atoms with Crippen molar-refractivity contribution in [1.29, 1.82) is 0 Å². The van der Waals surface area contributed by atoms with Gasteiger partial charge in [0.15, 0.2) is 9.84 Å². The second kappa shape index (κ2) is 6.03. The monoisotopic (exact) mass is 277 g/mol. The van der Waals surface area contributed by atoms with Gasteiger partial charge >= 0.3 is 0 Å². The normalized spacial score (nSPS) is 23.6. The summed E-state index contributed by atoms with van der Waals surface area (Å²) in [6.07, 6.45) is 1.98. The van der Waals surface area contributed by atoms with Crippen LogP contribution in [-0.2, 0) is 14.6 Å². The molecule has 1 atom stereocenters. The standard InChI is InChI=1S/C10H19N3O4S/c1-13(6-5-9(11)12-15)10(14)8-4-2-3-7-18(8,16)17/h8,15H,2-7H2,1H3,(H2,11,12). The number of nitrogens with two attached hydrogens (primary N) is 1. The number of hydrogen-bond acceptors (Lipinski definition) is 5. The number of amidine groups is 1. The van der Waals surface area contributed by atoms with Crippen LogP contribution < -0.4 is 5.73 Å². The zero-order valence-electron chi connectivity index (χ0n) is 10.4. The molecule has 1 amide bonds. The van der Waals surface area contributed by atoms with Crippen LogP contribution >= 0.6 is 0 Å². The Labute approximate surface area is 107 Å². The Balaban J connectivity index is 2.63. The van der Waals surface area contributed by atoms with E-state index in [2.05, 4.69) is 5.16 Å². The number of oxime groups is 1. The molecular formula is C10H19N3O4S. The van der Waals surface area contributed by atoms with Crippen molar-refractivity contribution in [2.24, 2.45) is 10.9 Å². The maximum atomic E-state index is 12.0. The van der Waals surface area contributed by atoms with E-state index in [4.69, 9.17) is 10.9 Å². The predicted molar refractivity (Wildman–Crippen MR) is 67.1 cm³/mol. The number of nitrogens with zero attached hydrogens (tertiary/aromatic N) is 2. The van der Waals surface area contributed by atoms with Crippen LogP contribution in [0.5, 0.6) is 0 Å². The van der Waals surface area contributed by atoms with Gasteiger partial charge in [0.05, 0.1) is 5.75 Å². The molecule has 1 saturated heterocycles. The van der Waals surface area contributed by atoms with E-state index in [9.17, 15) is 13.2 Å². The Hall–Kier alpha value is -1.31. The van der Waals surface area contributed by atoms with E-state index in [1.165, 1.54) is 11.9 Å². The van der Waals surface area contributed by atoms with Gasteiger partial charge in [-0.3, -0.25) is 4.79 Å². The Kier molecular flexibility index (Phi) is 4.94. The summed E-state index contributed by atoms with van der Waals surface area (Å²) in [6.45, 7) is 0.237. The van der Waals surface area contributed by atoms with Gasteiger partial charge in [0, 0.05) is 20.0 Å². The van der Waals surface area contributed by atoms with Gasteiger partial charge in [-0.2, -0.15) is 0 Å². The SMILES string of the molecule is CN(CCC(N)=NO)C(=O)C1CCCCS1(=O)=O. The van der Waals surface area contributed by atoms with E-state index >= 15 is 0 Å². The number of sulfone groups is 1. The average molecular weight is 277 g/mol. The summed E-state index contributed by atoms with van der Waals surface area (Å²) < 4.78 is 23.6. The molecule has 0 spiro atoms. The topological polar surface area (TPSA) is 113 Å². The molecule has 1 aliphatic heterocycles. The van der Waals surface area contributed by atoms with Crippen LogP contribution in [0.4, 0.5) is 0 Å². The fourth-order valence-electron chi connectivity index (χ4n) is 1.92. The molecule has 0 aromatic rings. The molecule has 1 unspecified atom stereocenters. The van der Waals surface area contributed by atoms with E-state index in [-0.39, 0.29) is 24.6 Å². The van der Waals surface area contributed by atoms with Crippen molar-refractivity contribution in [1.82, 2.24) is 4.90 Å². The first-order valence-electron chi connectivity index (χ1n) is 5.81. The number of carbonyl (C=O) groups is 1. The van der Waals surface area contributed by atoms with Gasteiger partial charge in [-0.05, 0) is 12.8 Å². The third-order valence-electron chi connectivity index (χ3n) is 3.06. The first-order valence-corrected chi connectivity index (χ1v) is 7.53. The van der Waals surface area contributed by atoms with Gasteiger partial charge in [-0.1, -0.05) is 11.6 Å². The van der Waals surface area contributed by atoms with Gasteiger partial charge in [0.25, 0.3) is 0 Å². The van der Waals surface area contributed by atoms with Crippen molar-refractivity contribution in [3.63, 3.8) is 0 Å². The predicted octanol–water partition coefficient (Wildman–Crippen LogP) is -0.451. The van der Waals surface area contributed by atoms with E-state index in [0.29, 0.717) is 12.8 Å². The molecule has 0 radical (unpaired) electrons. The Morgan fingerprint density at radius 1 is 1.50 bits per heavy atom. The zero-order valence-corrected chi connectivity index (χ0v) is 11.2. The third kappa shape index (κ3) is 3.59. The lowest BCUT2D eigenvalue weighted by Crippen LogP contribution is -2.44. The quantitative estimate of drug-likeness (QED) is 0.313. The van der Waals surface area contributed by atoms with Crippen LogP contribution in [0.15, 0.2) is 5.16 Å². The molecule has 18 heavy (non-hydrogen) atoms. The van der Waals surface area contributed by atoms with E-state index in [1.54, 1.807) is 0 Å². The van der Waals surface area contributed by atoms with Crippen molar-refractivity contribution in [2.75, 3.05) is 19.3 Å². The molecule has 1 aliphatic rings. The van der Waals surface area contributed by atoms with E-state index in [0.717, 1.165) is 6.42 Å². The van der Waals surface area contributed by atoms with Gasteiger partial charge < -0.3 is 15.8 Å². The van der Waals surface area contributed by atoms with Crippen LogP contribution in [-0.4, -0.2) is 54.9 Å². The summed E-state index contributed by atoms with van der Waals surface area (Å²) in [5, 5.41) is 10.3. The Bertz CT molecular complexity index is 432. The van der Waals surface area contributed by atoms with Gasteiger partial charge in [-0.15, -0.1) is 0 Å². The molecule has 104 valence electrons. The molecule has 1 heterocycles. The Morgan fingerprint density at radius 2 is 2.17 bits per heavy atom. The lowest BCUT2D eigenvalue weighted by Gasteiger charge is -2.26. The molecule has 1 fully saturated rings. The third-order valence-corrected chi connectivity index (χ3v) is 5.22. The average Bonchev–Trinajstić information content (AvgIpc) is 2.34. The molecule has 3 N–H and O–H groups in total. The summed E-state index contributed by atoms with van der Waals surface area (Å²) >= 11 is 0. The van der Waals surface area contributed by atoms with E-state index < -0.39 is 21.0 Å². The van der Waals surface area contributed by atoms with Crippen LogP contribution in [0.3, 0.4) is 0 Å². The minimum Gasteiger partial charge on any atom is -0.409 e. The molecule has 0 aromatic carbocycles.